The first-order valence-electron chi connectivity index (χ1n) is 9.72. The molecule has 0 radical (unpaired) electrons. The molecule has 29 heavy (non-hydrogen) atoms. The monoisotopic (exact) mass is 396 g/mol. The number of imidazole rings is 1. The van der Waals surface area contributed by atoms with Crippen molar-refractivity contribution < 1.29 is 14.0 Å². The van der Waals surface area contributed by atoms with Crippen LogP contribution in [0.1, 0.15) is 36.5 Å². The number of carbonyl (C=O) groups is 2. The Morgan fingerprint density at radius 1 is 1.10 bits per heavy atom. The fourth-order valence-electron chi connectivity index (χ4n) is 3.06. The van der Waals surface area contributed by atoms with Gasteiger partial charge in [-0.3, -0.25) is 9.59 Å². The van der Waals surface area contributed by atoms with Crippen molar-refractivity contribution in [3.63, 3.8) is 0 Å². The van der Waals surface area contributed by atoms with Gasteiger partial charge in [0.2, 0.25) is 5.91 Å². The summed E-state index contributed by atoms with van der Waals surface area (Å²) in [5, 5.41) is 5.62. The normalized spacial score (nSPS) is 12.1. The van der Waals surface area contributed by atoms with Crippen LogP contribution < -0.4 is 10.6 Å². The van der Waals surface area contributed by atoms with E-state index in [0.717, 1.165) is 23.3 Å². The molecular weight excluding hydrogens is 371 g/mol. The van der Waals surface area contributed by atoms with Crippen LogP contribution in [0.2, 0.25) is 0 Å². The van der Waals surface area contributed by atoms with E-state index in [2.05, 4.69) is 20.6 Å². The minimum Gasteiger partial charge on any atom is -0.354 e. The number of H-pyrrole nitrogens is 1. The highest BCUT2D eigenvalue weighted by Crippen LogP contribution is 2.11. The van der Waals surface area contributed by atoms with Crippen molar-refractivity contribution in [1.82, 2.24) is 20.6 Å². The van der Waals surface area contributed by atoms with Crippen LogP contribution in [0.25, 0.3) is 11.0 Å². The highest BCUT2D eigenvalue weighted by molar-refractivity contribution is 5.97. The third-order valence-corrected chi connectivity index (χ3v) is 4.67. The third-order valence-electron chi connectivity index (χ3n) is 4.67. The Morgan fingerprint density at radius 2 is 1.83 bits per heavy atom. The van der Waals surface area contributed by atoms with E-state index < -0.39 is 17.8 Å². The van der Waals surface area contributed by atoms with Crippen molar-refractivity contribution in [3.05, 3.63) is 65.7 Å². The van der Waals surface area contributed by atoms with Crippen molar-refractivity contribution in [2.45, 2.75) is 32.7 Å². The molecule has 0 bridgehead atoms. The summed E-state index contributed by atoms with van der Waals surface area (Å²) in [6.45, 7) is 4.21. The Labute approximate surface area is 168 Å². The number of rotatable bonds is 8. The van der Waals surface area contributed by atoms with Crippen LogP contribution in [-0.4, -0.2) is 34.4 Å². The fraction of sp³-hybridized carbons (Fsp3) is 0.318. The summed E-state index contributed by atoms with van der Waals surface area (Å²) in [6.07, 6.45) is 1.44. The van der Waals surface area contributed by atoms with Gasteiger partial charge in [-0.15, -0.1) is 0 Å². The van der Waals surface area contributed by atoms with E-state index in [1.54, 1.807) is 0 Å². The zero-order valence-electron chi connectivity index (χ0n) is 16.5. The number of hydrogen-bond donors (Lipinski definition) is 3. The van der Waals surface area contributed by atoms with Crippen LogP contribution >= 0.6 is 0 Å². The van der Waals surface area contributed by atoms with Gasteiger partial charge in [-0.05, 0) is 48.7 Å². The van der Waals surface area contributed by atoms with E-state index in [1.165, 1.54) is 24.3 Å². The fourth-order valence-corrected chi connectivity index (χ4v) is 3.06. The van der Waals surface area contributed by atoms with Crippen molar-refractivity contribution in [1.29, 1.82) is 0 Å². The lowest BCUT2D eigenvalue weighted by molar-refractivity contribution is -0.123. The average Bonchev–Trinajstić information content (AvgIpc) is 3.12. The molecule has 3 aromatic rings. The molecule has 0 fully saturated rings. The first kappa shape index (κ1) is 20.5. The zero-order chi connectivity index (χ0) is 20.8. The van der Waals surface area contributed by atoms with Gasteiger partial charge in [0.25, 0.3) is 5.91 Å². The van der Waals surface area contributed by atoms with Gasteiger partial charge < -0.3 is 15.6 Å². The molecular formula is C22H25FN4O2. The molecule has 0 spiro atoms. The Hall–Kier alpha value is -3.22. The average molecular weight is 396 g/mol. The lowest BCUT2D eigenvalue weighted by Crippen LogP contribution is -2.49. The third kappa shape index (κ3) is 5.40. The standard InChI is InChI=1S/C22H25FN4O2/c1-14(2)20(27-21(28)15-9-11-16(23)12-10-15)22(29)24-13-5-8-19-25-17-6-3-4-7-18(17)26-19/h3-4,6-7,9-12,14,20H,5,8,13H2,1-2H3,(H,24,29)(H,25,26)(H,27,28). The van der Waals surface area contributed by atoms with Gasteiger partial charge in [0, 0.05) is 18.5 Å². The summed E-state index contributed by atoms with van der Waals surface area (Å²) in [6, 6.07) is 12.4. The summed E-state index contributed by atoms with van der Waals surface area (Å²) < 4.78 is 13.0. The van der Waals surface area contributed by atoms with Gasteiger partial charge >= 0.3 is 0 Å². The van der Waals surface area contributed by atoms with Crippen molar-refractivity contribution in [3.8, 4) is 0 Å². The van der Waals surface area contributed by atoms with Gasteiger partial charge in [-0.1, -0.05) is 26.0 Å². The van der Waals surface area contributed by atoms with Crippen LogP contribution in [0.15, 0.2) is 48.5 Å². The summed E-state index contributed by atoms with van der Waals surface area (Å²) >= 11 is 0. The minimum atomic E-state index is -0.668. The van der Waals surface area contributed by atoms with E-state index >= 15 is 0 Å². The molecule has 0 aliphatic carbocycles. The number of amides is 2. The number of para-hydroxylation sites is 2. The molecule has 2 amide bonds. The van der Waals surface area contributed by atoms with Crippen LogP contribution in [0, 0.1) is 11.7 Å². The number of benzene rings is 2. The van der Waals surface area contributed by atoms with Crippen LogP contribution in [0.4, 0.5) is 4.39 Å². The highest BCUT2D eigenvalue weighted by Gasteiger charge is 2.24. The summed E-state index contributed by atoms with van der Waals surface area (Å²) in [7, 11) is 0. The predicted molar refractivity (Wildman–Crippen MR) is 110 cm³/mol. The maximum absolute atomic E-state index is 13.0. The number of aromatic nitrogens is 2. The van der Waals surface area contributed by atoms with E-state index in [1.807, 2.05) is 38.1 Å². The summed E-state index contributed by atoms with van der Waals surface area (Å²) in [5.41, 5.74) is 2.24. The second-order valence-corrected chi connectivity index (χ2v) is 7.30. The molecule has 0 aliphatic heterocycles. The molecule has 3 N–H and O–H groups in total. The molecule has 0 aliphatic rings. The topological polar surface area (TPSA) is 86.9 Å². The SMILES string of the molecule is CC(C)C(NC(=O)c1ccc(F)cc1)C(=O)NCCCc1nc2ccccc2[nH]1. The largest absolute Gasteiger partial charge is 0.354 e. The smallest absolute Gasteiger partial charge is 0.251 e. The van der Waals surface area contributed by atoms with Gasteiger partial charge in [0.15, 0.2) is 0 Å². The van der Waals surface area contributed by atoms with Gasteiger partial charge in [-0.2, -0.15) is 0 Å². The van der Waals surface area contributed by atoms with Crippen molar-refractivity contribution in [2.24, 2.45) is 5.92 Å². The molecule has 2 aromatic carbocycles. The lowest BCUT2D eigenvalue weighted by atomic mass is 10.0. The molecule has 7 heteroatoms. The second-order valence-electron chi connectivity index (χ2n) is 7.30. The molecule has 1 aromatic heterocycles. The molecule has 3 rings (SSSR count). The first-order valence-corrected chi connectivity index (χ1v) is 9.72. The molecule has 1 heterocycles. The maximum atomic E-state index is 13.0. The number of hydrogen-bond acceptors (Lipinski definition) is 3. The number of halogens is 1. The molecule has 152 valence electrons. The van der Waals surface area contributed by atoms with Crippen LogP contribution in [-0.2, 0) is 11.2 Å². The van der Waals surface area contributed by atoms with Gasteiger partial charge in [0.1, 0.15) is 17.7 Å². The van der Waals surface area contributed by atoms with Crippen LogP contribution in [0.3, 0.4) is 0 Å². The number of aromatic amines is 1. The van der Waals surface area contributed by atoms with Gasteiger partial charge in [0.05, 0.1) is 11.0 Å². The molecule has 1 atom stereocenters. The Balaban J connectivity index is 1.50. The van der Waals surface area contributed by atoms with Gasteiger partial charge in [-0.25, -0.2) is 9.37 Å². The second kappa shape index (κ2) is 9.32. The van der Waals surface area contributed by atoms with E-state index in [4.69, 9.17) is 0 Å². The Morgan fingerprint density at radius 3 is 2.52 bits per heavy atom. The highest BCUT2D eigenvalue weighted by atomic mass is 19.1. The predicted octanol–water partition coefficient (Wildman–Crippen LogP) is 3.21. The molecule has 0 saturated heterocycles. The zero-order valence-corrected chi connectivity index (χ0v) is 16.5. The quantitative estimate of drug-likeness (QED) is 0.511. The number of nitrogens with one attached hydrogen (secondary N) is 3. The molecule has 0 saturated carbocycles. The number of aryl methyl sites for hydroxylation is 1. The number of nitrogens with zero attached hydrogens (tertiary/aromatic N) is 1. The van der Waals surface area contributed by atoms with E-state index in [0.29, 0.717) is 18.5 Å². The molecule has 1 unspecified atom stereocenters. The Kier molecular flexibility index (Phi) is 6.59. The molecule has 6 nitrogen and oxygen atoms in total. The summed E-state index contributed by atoms with van der Waals surface area (Å²) in [5.74, 6) is -0.259. The number of carbonyl (C=O) groups excluding carboxylic acids is 2. The lowest BCUT2D eigenvalue weighted by Gasteiger charge is -2.21. The summed E-state index contributed by atoms with van der Waals surface area (Å²) in [4.78, 5) is 32.7. The maximum Gasteiger partial charge on any atom is 0.251 e. The number of fused-ring (bicyclic) bond motifs is 1. The van der Waals surface area contributed by atoms with E-state index in [-0.39, 0.29) is 11.8 Å². The minimum absolute atomic E-state index is 0.0882. The first-order chi connectivity index (χ1) is 13.9. The van der Waals surface area contributed by atoms with Crippen molar-refractivity contribution >= 4 is 22.8 Å². The van der Waals surface area contributed by atoms with E-state index in [9.17, 15) is 14.0 Å². The Bertz CT molecular complexity index is 949. The van der Waals surface area contributed by atoms with Crippen molar-refractivity contribution in [2.75, 3.05) is 6.54 Å². The van der Waals surface area contributed by atoms with Crippen LogP contribution in [0.5, 0.6) is 0 Å².